The third-order valence-corrected chi connectivity index (χ3v) is 4.13. The molecular formula is C18H16BrNO3. The third kappa shape index (κ3) is 3.46. The van der Waals surface area contributed by atoms with Crippen LogP contribution in [0.25, 0.3) is 11.0 Å². The molecule has 5 heteroatoms. The lowest BCUT2D eigenvalue weighted by molar-refractivity contribution is 0.0344. The Kier molecular flexibility index (Phi) is 4.24. The van der Waals surface area contributed by atoms with Gasteiger partial charge >= 0.3 is 0 Å². The van der Waals surface area contributed by atoms with Crippen molar-refractivity contribution < 1.29 is 14.3 Å². The molecule has 2 aromatic carbocycles. The number of hydrogen-bond donors (Lipinski definition) is 2. The minimum absolute atomic E-state index is 0.0537. The van der Waals surface area contributed by atoms with E-state index in [1.165, 1.54) is 0 Å². The lowest BCUT2D eigenvalue weighted by atomic mass is 10.0. The van der Waals surface area contributed by atoms with Gasteiger partial charge in [0.15, 0.2) is 0 Å². The number of nitrogens with one attached hydrogen (secondary N) is 1. The summed E-state index contributed by atoms with van der Waals surface area (Å²) in [5.41, 5.74) is -0.0541. The molecule has 3 aromatic rings. The van der Waals surface area contributed by atoms with Gasteiger partial charge < -0.3 is 14.8 Å². The highest BCUT2D eigenvalue weighted by Crippen LogP contribution is 2.27. The van der Waals surface area contributed by atoms with Crippen molar-refractivity contribution in [1.29, 1.82) is 0 Å². The van der Waals surface area contributed by atoms with Gasteiger partial charge in [0.05, 0.1) is 6.54 Å². The van der Waals surface area contributed by atoms with Gasteiger partial charge in [0.1, 0.15) is 16.9 Å². The molecule has 3 rings (SSSR count). The molecule has 0 aliphatic heterocycles. The van der Waals surface area contributed by atoms with Crippen LogP contribution in [-0.4, -0.2) is 17.6 Å². The summed E-state index contributed by atoms with van der Waals surface area (Å²) in [5, 5.41) is 14.3. The molecule has 1 heterocycles. The number of benzene rings is 2. The average molecular weight is 374 g/mol. The van der Waals surface area contributed by atoms with E-state index in [9.17, 15) is 9.90 Å². The Labute approximate surface area is 142 Å². The second-order valence-electron chi connectivity index (χ2n) is 5.62. The predicted octanol–water partition coefficient (Wildman–Crippen LogP) is 3.83. The van der Waals surface area contributed by atoms with E-state index in [0.717, 1.165) is 9.86 Å². The highest BCUT2D eigenvalue weighted by atomic mass is 79.9. The SMILES string of the molecule is CC(O)(CNC(=O)c1cccc(Br)c1)c1cc2ccccc2o1. The summed E-state index contributed by atoms with van der Waals surface area (Å²) in [6.45, 7) is 1.67. The Morgan fingerprint density at radius 3 is 2.74 bits per heavy atom. The summed E-state index contributed by atoms with van der Waals surface area (Å²) in [7, 11) is 0. The fourth-order valence-electron chi connectivity index (χ4n) is 2.32. The van der Waals surface area contributed by atoms with E-state index in [1.807, 2.05) is 30.3 Å². The van der Waals surface area contributed by atoms with Gasteiger partial charge in [0.25, 0.3) is 5.91 Å². The summed E-state index contributed by atoms with van der Waals surface area (Å²) in [4.78, 5) is 12.2. The van der Waals surface area contributed by atoms with Crippen molar-refractivity contribution >= 4 is 32.8 Å². The first-order valence-electron chi connectivity index (χ1n) is 7.21. The molecule has 0 aliphatic carbocycles. The van der Waals surface area contributed by atoms with E-state index in [0.29, 0.717) is 16.9 Å². The molecule has 1 unspecified atom stereocenters. The van der Waals surface area contributed by atoms with Gasteiger partial charge in [-0.25, -0.2) is 0 Å². The van der Waals surface area contributed by atoms with Crippen molar-refractivity contribution in [2.75, 3.05) is 6.54 Å². The minimum Gasteiger partial charge on any atom is -0.458 e. The first-order chi connectivity index (χ1) is 11.0. The summed E-state index contributed by atoms with van der Waals surface area (Å²) in [6, 6.07) is 16.4. The number of amides is 1. The van der Waals surface area contributed by atoms with E-state index >= 15 is 0 Å². The monoisotopic (exact) mass is 373 g/mol. The maximum atomic E-state index is 12.2. The smallest absolute Gasteiger partial charge is 0.251 e. The Balaban J connectivity index is 1.74. The van der Waals surface area contributed by atoms with E-state index in [1.54, 1.807) is 31.2 Å². The maximum Gasteiger partial charge on any atom is 0.251 e. The second kappa shape index (κ2) is 6.18. The van der Waals surface area contributed by atoms with Crippen LogP contribution in [0.3, 0.4) is 0 Å². The zero-order chi connectivity index (χ0) is 16.4. The highest BCUT2D eigenvalue weighted by molar-refractivity contribution is 9.10. The molecule has 0 aliphatic rings. The molecule has 0 bridgehead atoms. The van der Waals surface area contributed by atoms with Crippen molar-refractivity contribution in [3.63, 3.8) is 0 Å². The summed E-state index contributed by atoms with van der Waals surface area (Å²) >= 11 is 3.33. The van der Waals surface area contributed by atoms with E-state index in [4.69, 9.17) is 4.42 Å². The van der Waals surface area contributed by atoms with Crippen LogP contribution in [0.5, 0.6) is 0 Å². The lowest BCUT2D eigenvalue weighted by Gasteiger charge is -2.21. The zero-order valence-corrected chi connectivity index (χ0v) is 14.1. The maximum absolute atomic E-state index is 12.2. The van der Waals surface area contributed by atoms with Crippen LogP contribution in [0.15, 0.2) is 63.5 Å². The van der Waals surface area contributed by atoms with Crippen LogP contribution >= 0.6 is 15.9 Å². The number of fused-ring (bicyclic) bond motifs is 1. The van der Waals surface area contributed by atoms with Crippen LogP contribution < -0.4 is 5.32 Å². The predicted molar refractivity (Wildman–Crippen MR) is 92.3 cm³/mol. The molecule has 0 saturated heterocycles. The van der Waals surface area contributed by atoms with Crippen LogP contribution in [0.1, 0.15) is 23.0 Å². The average Bonchev–Trinajstić information content (AvgIpc) is 2.97. The number of carbonyl (C=O) groups is 1. The number of halogens is 1. The van der Waals surface area contributed by atoms with Crippen LogP contribution in [0.4, 0.5) is 0 Å². The van der Waals surface area contributed by atoms with Gasteiger partial charge in [-0.1, -0.05) is 40.2 Å². The van der Waals surface area contributed by atoms with E-state index < -0.39 is 5.60 Å². The molecule has 4 nitrogen and oxygen atoms in total. The quantitative estimate of drug-likeness (QED) is 0.730. The van der Waals surface area contributed by atoms with Crippen molar-refractivity contribution in [2.45, 2.75) is 12.5 Å². The number of para-hydroxylation sites is 1. The fraction of sp³-hybridized carbons (Fsp3) is 0.167. The van der Waals surface area contributed by atoms with Crippen LogP contribution in [-0.2, 0) is 5.60 Å². The molecule has 0 saturated carbocycles. The molecule has 0 spiro atoms. The topological polar surface area (TPSA) is 62.5 Å². The van der Waals surface area contributed by atoms with Crippen molar-refractivity contribution in [2.24, 2.45) is 0 Å². The molecule has 1 aromatic heterocycles. The van der Waals surface area contributed by atoms with E-state index in [-0.39, 0.29) is 12.5 Å². The fourth-order valence-corrected chi connectivity index (χ4v) is 2.72. The Bertz CT molecular complexity index is 821. The van der Waals surface area contributed by atoms with E-state index in [2.05, 4.69) is 21.2 Å². The van der Waals surface area contributed by atoms with Gasteiger partial charge in [0, 0.05) is 15.4 Å². The molecule has 0 radical (unpaired) electrons. The van der Waals surface area contributed by atoms with Crippen molar-refractivity contribution in [1.82, 2.24) is 5.32 Å². The molecule has 118 valence electrons. The molecule has 1 amide bonds. The molecule has 23 heavy (non-hydrogen) atoms. The summed E-state index contributed by atoms with van der Waals surface area (Å²) in [6.07, 6.45) is 0. The van der Waals surface area contributed by atoms with Crippen molar-refractivity contribution in [3.05, 3.63) is 70.4 Å². The molecular weight excluding hydrogens is 358 g/mol. The van der Waals surface area contributed by atoms with Gasteiger partial charge in [0.2, 0.25) is 0 Å². The standard InChI is InChI=1S/C18H16BrNO3/c1-18(22,16-10-12-5-2-3-8-15(12)23-16)11-20-17(21)13-6-4-7-14(19)9-13/h2-10,22H,11H2,1H3,(H,20,21). The number of furan rings is 1. The summed E-state index contributed by atoms with van der Waals surface area (Å²) in [5.74, 6) is 0.177. The largest absolute Gasteiger partial charge is 0.458 e. The van der Waals surface area contributed by atoms with Gasteiger partial charge in [-0.2, -0.15) is 0 Å². The van der Waals surface area contributed by atoms with Crippen molar-refractivity contribution in [3.8, 4) is 0 Å². The number of aliphatic hydroxyl groups is 1. The van der Waals surface area contributed by atoms with Gasteiger partial charge in [-0.05, 0) is 37.3 Å². The zero-order valence-electron chi connectivity index (χ0n) is 12.5. The number of carbonyl (C=O) groups excluding carboxylic acids is 1. The van der Waals surface area contributed by atoms with Crippen LogP contribution in [0.2, 0.25) is 0 Å². The Morgan fingerprint density at radius 1 is 1.22 bits per heavy atom. The van der Waals surface area contributed by atoms with Gasteiger partial charge in [-0.3, -0.25) is 4.79 Å². The second-order valence-corrected chi connectivity index (χ2v) is 6.53. The third-order valence-electron chi connectivity index (χ3n) is 3.64. The molecule has 2 N–H and O–H groups in total. The number of hydrogen-bond acceptors (Lipinski definition) is 3. The first-order valence-corrected chi connectivity index (χ1v) is 8.00. The highest BCUT2D eigenvalue weighted by Gasteiger charge is 2.28. The lowest BCUT2D eigenvalue weighted by Crippen LogP contribution is -2.38. The van der Waals surface area contributed by atoms with Crippen LogP contribution in [0, 0.1) is 0 Å². The normalized spacial score (nSPS) is 13.7. The first kappa shape index (κ1) is 15.8. The molecule has 1 atom stereocenters. The minimum atomic E-state index is -1.29. The Hall–Kier alpha value is -2.11. The number of rotatable bonds is 4. The molecule has 0 fully saturated rings. The Morgan fingerprint density at radius 2 is 2.00 bits per heavy atom. The summed E-state index contributed by atoms with van der Waals surface area (Å²) < 4.78 is 6.51. The van der Waals surface area contributed by atoms with Gasteiger partial charge in [-0.15, -0.1) is 0 Å².